The van der Waals surface area contributed by atoms with Gasteiger partial charge in [0.2, 0.25) is 0 Å². The lowest BCUT2D eigenvalue weighted by Crippen LogP contribution is -2.28. The van der Waals surface area contributed by atoms with Crippen molar-refractivity contribution in [3.63, 3.8) is 0 Å². The summed E-state index contributed by atoms with van der Waals surface area (Å²) in [6.45, 7) is 4.11. The van der Waals surface area contributed by atoms with E-state index in [0.29, 0.717) is 10.3 Å². The van der Waals surface area contributed by atoms with Crippen molar-refractivity contribution >= 4 is 21.8 Å². The van der Waals surface area contributed by atoms with Crippen LogP contribution in [-0.2, 0) is 0 Å². The van der Waals surface area contributed by atoms with Gasteiger partial charge in [-0.1, -0.05) is 42.8 Å². The normalized spacial score (nSPS) is 11.9. The van der Waals surface area contributed by atoms with Crippen molar-refractivity contribution < 1.29 is 4.79 Å². The summed E-state index contributed by atoms with van der Waals surface area (Å²) in [6, 6.07) is 13.5. The average molecular weight is 333 g/mol. The number of rotatable bonds is 4. The van der Waals surface area contributed by atoms with E-state index in [1.165, 1.54) is 5.56 Å². The van der Waals surface area contributed by atoms with Gasteiger partial charge < -0.3 is 5.32 Å². The number of carbonyl (C=O) groups excluding carboxylic acids is 1. The Labute approximate surface area is 127 Å². The highest BCUT2D eigenvalue weighted by Crippen LogP contribution is 2.18. The van der Waals surface area contributed by atoms with Crippen molar-refractivity contribution in [3.8, 4) is 0 Å². The third-order valence-electron chi connectivity index (χ3n) is 3.14. The number of hydrogen-bond acceptors (Lipinski definition) is 2. The van der Waals surface area contributed by atoms with Crippen LogP contribution in [-0.4, -0.2) is 10.9 Å². The number of amides is 1. The number of carbonyl (C=O) groups is 1. The number of nitrogens with one attached hydrogen (secondary N) is 1. The first-order valence-corrected chi connectivity index (χ1v) is 7.39. The Bertz CT molecular complexity index is 596. The molecule has 4 heteroatoms. The molecule has 0 bridgehead atoms. The summed E-state index contributed by atoms with van der Waals surface area (Å²) in [5, 5.41) is 3.02. The predicted molar refractivity (Wildman–Crippen MR) is 83.6 cm³/mol. The van der Waals surface area contributed by atoms with Crippen molar-refractivity contribution in [1.29, 1.82) is 0 Å². The van der Waals surface area contributed by atoms with Crippen LogP contribution < -0.4 is 5.32 Å². The Morgan fingerprint density at radius 3 is 2.55 bits per heavy atom. The molecule has 1 amide bonds. The third kappa shape index (κ3) is 3.67. The fourth-order valence-electron chi connectivity index (χ4n) is 1.99. The second-order valence-corrected chi connectivity index (χ2v) is 5.50. The smallest absolute Gasteiger partial charge is 0.270 e. The predicted octanol–water partition coefficient (Wildman–Crippen LogP) is 4.03. The van der Waals surface area contributed by atoms with E-state index in [1.807, 2.05) is 0 Å². The van der Waals surface area contributed by atoms with Gasteiger partial charge in [0.05, 0.1) is 6.04 Å². The van der Waals surface area contributed by atoms with Gasteiger partial charge in [-0.2, -0.15) is 0 Å². The third-order valence-corrected chi connectivity index (χ3v) is 3.58. The maximum Gasteiger partial charge on any atom is 0.270 e. The molecule has 0 aliphatic heterocycles. The van der Waals surface area contributed by atoms with Gasteiger partial charge in [-0.05, 0) is 47.0 Å². The summed E-state index contributed by atoms with van der Waals surface area (Å²) in [7, 11) is 0. The molecule has 0 fully saturated rings. The number of pyridine rings is 1. The number of hydrogen-bond donors (Lipinski definition) is 1. The van der Waals surface area contributed by atoms with Crippen LogP contribution in [0.25, 0.3) is 0 Å². The largest absolute Gasteiger partial charge is 0.344 e. The highest BCUT2D eigenvalue weighted by atomic mass is 79.9. The van der Waals surface area contributed by atoms with Crippen LogP contribution in [0.1, 0.15) is 41.0 Å². The van der Waals surface area contributed by atoms with Gasteiger partial charge in [-0.3, -0.25) is 4.79 Å². The minimum Gasteiger partial charge on any atom is -0.344 e. The van der Waals surface area contributed by atoms with Gasteiger partial charge in [0.15, 0.2) is 0 Å². The first-order chi connectivity index (χ1) is 9.60. The van der Waals surface area contributed by atoms with Gasteiger partial charge in [0, 0.05) is 0 Å². The van der Waals surface area contributed by atoms with E-state index < -0.39 is 0 Å². The molecule has 0 saturated heterocycles. The second kappa shape index (κ2) is 6.66. The van der Waals surface area contributed by atoms with Crippen molar-refractivity contribution in [2.75, 3.05) is 0 Å². The zero-order chi connectivity index (χ0) is 14.5. The Hall–Kier alpha value is -1.68. The maximum absolute atomic E-state index is 12.2. The van der Waals surface area contributed by atoms with E-state index in [4.69, 9.17) is 0 Å². The summed E-state index contributed by atoms with van der Waals surface area (Å²) < 4.78 is 0.661. The minimum absolute atomic E-state index is 0.00359. The van der Waals surface area contributed by atoms with E-state index in [1.54, 1.807) is 18.2 Å². The van der Waals surface area contributed by atoms with Crippen LogP contribution in [0.2, 0.25) is 0 Å². The van der Waals surface area contributed by atoms with E-state index in [0.717, 1.165) is 12.0 Å². The molecule has 0 aliphatic rings. The van der Waals surface area contributed by atoms with Gasteiger partial charge in [-0.15, -0.1) is 0 Å². The molecule has 0 spiro atoms. The van der Waals surface area contributed by atoms with Gasteiger partial charge in [0.25, 0.3) is 5.91 Å². The SMILES string of the molecule is CCC(NC(=O)c1cccc(Br)n1)c1ccc(C)cc1. The lowest BCUT2D eigenvalue weighted by molar-refractivity contribution is 0.0930. The second-order valence-electron chi connectivity index (χ2n) is 4.69. The molecule has 0 radical (unpaired) electrons. The number of aryl methyl sites for hydroxylation is 1. The average Bonchev–Trinajstić information content (AvgIpc) is 2.45. The molecule has 1 aromatic carbocycles. The standard InChI is InChI=1S/C16H17BrN2O/c1-3-13(12-9-7-11(2)8-10-12)19-16(20)14-5-4-6-15(17)18-14/h4-10,13H,3H2,1-2H3,(H,19,20). The number of halogens is 1. The monoisotopic (exact) mass is 332 g/mol. The van der Waals surface area contributed by atoms with Gasteiger partial charge >= 0.3 is 0 Å². The summed E-state index contributed by atoms with van der Waals surface area (Å²) in [5.74, 6) is -0.154. The van der Waals surface area contributed by atoms with E-state index >= 15 is 0 Å². The molecule has 2 rings (SSSR count). The first kappa shape index (κ1) is 14.7. The van der Waals surface area contributed by atoms with E-state index in [2.05, 4.69) is 64.3 Å². The van der Waals surface area contributed by atoms with Crippen LogP contribution in [0.5, 0.6) is 0 Å². The topological polar surface area (TPSA) is 42.0 Å². The molecule has 1 heterocycles. The summed E-state index contributed by atoms with van der Waals surface area (Å²) in [5.41, 5.74) is 2.75. The molecule has 1 unspecified atom stereocenters. The summed E-state index contributed by atoms with van der Waals surface area (Å²) in [6.07, 6.45) is 0.836. The fraction of sp³-hybridized carbons (Fsp3) is 0.250. The zero-order valence-electron chi connectivity index (χ0n) is 11.6. The van der Waals surface area contributed by atoms with Crippen LogP contribution in [0, 0.1) is 6.92 Å². The molecule has 1 atom stereocenters. The van der Waals surface area contributed by atoms with Crippen LogP contribution in [0.15, 0.2) is 47.1 Å². The Kier molecular flexibility index (Phi) is 4.90. The lowest BCUT2D eigenvalue weighted by atomic mass is 10.0. The molecule has 2 aromatic rings. The molecular formula is C16H17BrN2O. The fourth-order valence-corrected chi connectivity index (χ4v) is 2.33. The first-order valence-electron chi connectivity index (χ1n) is 6.60. The highest BCUT2D eigenvalue weighted by molar-refractivity contribution is 9.10. The molecule has 3 nitrogen and oxygen atoms in total. The molecule has 0 saturated carbocycles. The van der Waals surface area contributed by atoms with Crippen molar-refractivity contribution in [3.05, 3.63) is 63.9 Å². The van der Waals surface area contributed by atoms with Crippen molar-refractivity contribution in [2.45, 2.75) is 26.3 Å². The van der Waals surface area contributed by atoms with Gasteiger partial charge in [-0.25, -0.2) is 4.98 Å². The Balaban J connectivity index is 2.14. The maximum atomic E-state index is 12.2. The molecule has 1 aromatic heterocycles. The number of benzene rings is 1. The van der Waals surface area contributed by atoms with Gasteiger partial charge in [0.1, 0.15) is 10.3 Å². The molecular weight excluding hydrogens is 316 g/mol. The number of aromatic nitrogens is 1. The summed E-state index contributed by atoms with van der Waals surface area (Å²) >= 11 is 3.28. The zero-order valence-corrected chi connectivity index (χ0v) is 13.1. The van der Waals surface area contributed by atoms with Crippen molar-refractivity contribution in [2.24, 2.45) is 0 Å². The Morgan fingerprint density at radius 2 is 1.95 bits per heavy atom. The van der Waals surface area contributed by atoms with Crippen LogP contribution >= 0.6 is 15.9 Å². The minimum atomic E-state index is -0.154. The van der Waals surface area contributed by atoms with Crippen molar-refractivity contribution in [1.82, 2.24) is 10.3 Å². The molecule has 104 valence electrons. The molecule has 0 aliphatic carbocycles. The quantitative estimate of drug-likeness (QED) is 0.858. The highest BCUT2D eigenvalue weighted by Gasteiger charge is 2.15. The molecule has 20 heavy (non-hydrogen) atoms. The van der Waals surface area contributed by atoms with Crippen LogP contribution in [0.4, 0.5) is 0 Å². The van der Waals surface area contributed by atoms with Crippen LogP contribution in [0.3, 0.4) is 0 Å². The van der Waals surface area contributed by atoms with E-state index in [-0.39, 0.29) is 11.9 Å². The lowest BCUT2D eigenvalue weighted by Gasteiger charge is -2.17. The van der Waals surface area contributed by atoms with E-state index in [9.17, 15) is 4.79 Å². The summed E-state index contributed by atoms with van der Waals surface area (Å²) in [4.78, 5) is 16.4. The number of nitrogens with zero attached hydrogens (tertiary/aromatic N) is 1. The molecule has 1 N–H and O–H groups in total. The Morgan fingerprint density at radius 1 is 1.25 bits per heavy atom.